The third-order valence-corrected chi connectivity index (χ3v) is 6.11. The van der Waals surface area contributed by atoms with Gasteiger partial charge < -0.3 is 5.32 Å². The molecule has 1 amide bonds. The average molecular weight is 432 g/mol. The highest BCUT2D eigenvalue weighted by Crippen LogP contribution is 2.21. The van der Waals surface area contributed by atoms with Gasteiger partial charge >= 0.3 is 0 Å². The number of aromatic amines is 1. The molecule has 4 N–H and O–H groups in total. The molecule has 0 spiro atoms. The maximum Gasteiger partial charge on any atom is 0.238 e. The van der Waals surface area contributed by atoms with Crippen LogP contribution in [0.3, 0.4) is 0 Å². The maximum absolute atomic E-state index is 12.2. The van der Waals surface area contributed by atoms with Crippen LogP contribution in [0.15, 0.2) is 52.5 Å². The first kappa shape index (κ1) is 21.0. The number of nitrogens with two attached hydrogens (primary N) is 1. The van der Waals surface area contributed by atoms with Crippen molar-refractivity contribution in [1.82, 2.24) is 15.2 Å². The minimum Gasteiger partial charge on any atom is -0.325 e. The molecule has 1 aromatic heterocycles. The third-order valence-electron chi connectivity index (χ3n) is 4.21. The van der Waals surface area contributed by atoms with Crippen molar-refractivity contribution < 1.29 is 13.2 Å². The molecule has 0 aliphatic heterocycles. The predicted octanol–water partition coefficient (Wildman–Crippen LogP) is 2.72. The Hall–Kier alpha value is -2.69. The SMILES string of the molecule is CCc1ccc(-c2nc(SCC(=O)Nc3ccc(C)c(S(N)(=O)=O)c3)n[nH]2)cc1. The van der Waals surface area contributed by atoms with Gasteiger partial charge in [-0.15, -0.1) is 5.10 Å². The molecule has 3 rings (SSSR count). The van der Waals surface area contributed by atoms with Gasteiger partial charge in [0.25, 0.3) is 0 Å². The highest BCUT2D eigenvalue weighted by Gasteiger charge is 2.14. The summed E-state index contributed by atoms with van der Waals surface area (Å²) in [4.78, 5) is 16.6. The summed E-state index contributed by atoms with van der Waals surface area (Å²) >= 11 is 1.18. The number of thioether (sulfide) groups is 1. The minimum absolute atomic E-state index is 0.0179. The van der Waals surface area contributed by atoms with E-state index in [0.717, 1.165) is 12.0 Å². The Morgan fingerprint density at radius 2 is 1.93 bits per heavy atom. The highest BCUT2D eigenvalue weighted by molar-refractivity contribution is 7.99. The summed E-state index contributed by atoms with van der Waals surface area (Å²) in [6.45, 7) is 3.73. The Balaban J connectivity index is 1.61. The fourth-order valence-electron chi connectivity index (χ4n) is 2.65. The van der Waals surface area contributed by atoms with Gasteiger partial charge in [-0.2, -0.15) is 0 Å². The molecule has 2 aromatic carbocycles. The molecule has 0 aliphatic carbocycles. The molecule has 0 unspecified atom stereocenters. The summed E-state index contributed by atoms with van der Waals surface area (Å²) in [5.41, 5.74) is 3.03. The van der Waals surface area contributed by atoms with E-state index in [-0.39, 0.29) is 16.6 Å². The van der Waals surface area contributed by atoms with E-state index in [9.17, 15) is 13.2 Å². The molecule has 0 fully saturated rings. The number of aromatic nitrogens is 3. The second-order valence-corrected chi connectivity index (χ2v) is 8.85. The molecular formula is C19H21N5O3S2. The number of rotatable bonds is 7. The van der Waals surface area contributed by atoms with Crippen molar-refractivity contribution in [3.8, 4) is 11.4 Å². The standard InChI is InChI=1S/C19H21N5O3S2/c1-3-13-5-7-14(8-6-13)18-22-19(24-23-18)28-11-17(25)21-15-9-4-12(2)16(10-15)29(20,26)27/h4-10H,3,11H2,1-2H3,(H,21,25)(H2,20,26,27)(H,22,23,24). The number of hydrogen-bond acceptors (Lipinski definition) is 6. The number of primary sulfonamides is 1. The number of carbonyl (C=O) groups is 1. The van der Waals surface area contributed by atoms with Gasteiger partial charge in [0.15, 0.2) is 5.82 Å². The molecule has 10 heteroatoms. The van der Waals surface area contributed by atoms with Gasteiger partial charge in [0, 0.05) is 11.3 Å². The number of amides is 1. The summed E-state index contributed by atoms with van der Waals surface area (Å²) in [6, 6.07) is 12.6. The summed E-state index contributed by atoms with van der Waals surface area (Å²) in [5, 5.41) is 15.3. The Bertz CT molecular complexity index is 1130. The number of aryl methyl sites for hydroxylation is 2. The van der Waals surface area contributed by atoms with Crippen LogP contribution in [0.25, 0.3) is 11.4 Å². The lowest BCUT2D eigenvalue weighted by atomic mass is 10.1. The molecule has 0 radical (unpaired) electrons. The van der Waals surface area contributed by atoms with Gasteiger partial charge in [-0.05, 0) is 36.6 Å². The van der Waals surface area contributed by atoms with E-state index in [1.54, 1.807) is 19.1 Å². The largest absolute Gasteiger partial charge is 0.325 e. The quantitative estimate of drug-likeness (QED) is 0.493. The van der Waals surface area contributed by atoms with E-state index in [1.807, 2.05) is 24.3 Å². The van der Waals surface area contributed by atoms with Gasteiger partial charge in [-0.3, -0.25) is 9.89 Å². The first-order chi connectivity index (χ1) is 13.8. The lowest BCUT2D eigenvalue weighted by Gasteiger charge is -2.08. The third kappa shape index (κ3) is 5.43. The second-order valence-electron chi connectivity index (χ2n) is 6.38. The van der Waals surface area contributed by atoms with Crippen molar-refractivity contribution in [2.24, 2.45) is 5.14 Å². The zero-order valence-electron chi connectivity index (χ0n) is 16.0. The smallest absolute Gasteiger partial charge is 0.238 e. The van der Waals surface area contributed by atoms with Gasteiger partial charge in [-0.25, -0.2) is 18.5 Å². The lowest BCUT2D eigenvalue weighted by molar-refractivity contribution is -0.113. The molecule has 1 heterocycles. The summed E-state index contributed by atoms with van der Waals surface area (Å²) in [6.07, 6.45) is 0.965. The van der Waals surface area contributed by atoms with E-state index in [0.29, 0.717) is 22.2 Å². The van der Waals surface area contributed by atoms with Crippen LogP contribution in [0.1, 0.15) is 18.1 Å². The predicted molar refractivity (Wildman–Crippen MR) is 113 cm³/mol. The van der Waals surface area contributed by atoms with Crippen LogP contribution in [-0.4, -0.2) is 35.3 Å². The number of nitrogens with one attached hydrogen (secondary N) is 2. The Morgan fingerprint density at radius 3 is 2.59 bits per heavy atom. The Labute approximate surface area is 173 Å². The first-order valence-electron chi connectivity index (χ1n) is 8.84. The molecule has 0 aliphatic rings. The number of sulfonamides is 1. The minimum atomic E-state index is -3.86. The van der Waals surface area contributed by atoms with Crippen molar-refractivity contribution in [3.05, 3.63) is 53.6 Å². The zero-order valence-corrected chi connectivity index (χ0v) is 17.6. The van der Waals surface area contributed by atoms with E-state index >= 15 is 0 Å². The molecule has 0 atom stereocenters. The Kier molecular flexibility index (Phi) is 6.36. The monoisotopic (exact) mass is 431 g/mol. The molecule has 3 aromatic rings. The van der Waals surface area contributed by atoms with Crippen molar-refractivity contribution in [1.29, 1.82) is 0 Å². The van der Waals surface area contributed by atoms with Crippen molar-refractivity contribution in [2.45, 2.75) is 30.3 Å². The molecule has 152 valence electrons. The molecular weight excluding hydrogens is 410 g/mol. The van der Waals surface area contributed by atoms with Crippen LogP contribution < -0.4 is 10.5 Å². The van der Waals surface area contributed by atoms with Crippen LogP contribution in [0.4, 0.5) is 5.69 Å². The van der Waals surface area contributed by atoms with Crippen molar-refractivity contribution >= 4 is 33.4 Å². The fourth-order valence-corrected chi connectivity index (χ4v) is 4.06. The fraction of sp³-hybridized carbons (Fsp3) is 0.211. The number of anilines is 1. The molecule has 0 saturated carbocycles. The van der Waals surface area contributed by atoms with Gasteiger partial charge in [-0.1, -0.05) is 49.0 Å². The van der Waals surface area contributed by atoms with E-state index in [4.69, 9.17) is 5.14 Å². The number of hydrogen-bond donors (Lipinski definition) is 3. The van der Waals surface area contributed by atoms with Crippen LogP contribution >= 0.6 is 11.8 Å². The zero-order chi connectivity index (χ0) is 21.0. The summed E-state index contributed by atoms with van der Waals surface area (Å²) in [7, 11) is -3.86. The second kappa shape index (κ2) is 8.76. The first-order valence-corrected chi connectivity index (χ1v) is 11.4. The highest BCUT2D eigenvalue weighted by atomic mass is 32.2. The average Bonchev–Trinajstić information content (AvgIpc) is 3.16. The summed E-state index contributed by atoms with van der Waals surface area (Å²) in [5.74, 6) is 0.398. The molecule has 29 heavy (non-hydrogen) atoms. The van der Waals surface area contributed by atoms with Crippen molar-refractivity contribution in [2.75, 3.05) is 11.1 Å². The van der Waals surface area contributed by atoms with E-state index in [1.165, 1.54) is 23.4 Å². The summed E-state index contributed by atoms with van der Waals surface area (Å²) < 4.78 is 23.2. The van der Waals surface area contributed by atoms with Crippen molar-refractivity contribution in [3.63, 3.8) is 0 Å². The maximum atomic E-state index is 12.2. The van der Waals surface area contributed by atoms with Crippen LogP contribution in [0.5, 0.6) is 0 Å². The number of benzene rings is 2. The Morgan fingerprint density at radius 1 is 1.21 bits per heavy atom. The number of H-pyrrole nitrogens is 1. The number of carbonyl (C=O) groups excluding carboxylic acids is 1. The molecule has 8 nitrogen and oxygen atoms in total. The van der Waals surface area contributed by atoms with Gasteiger partial charge in [0.05, 0.1) is 10.6 Å². The van der Waals surface area contributed by atoms with E-state index < -0.39 is 10.0 Å². The molecule has 0 bridgehead atoms. The lowest BCUT2D eigenvalue weighted by Crippen LogP contribution is -2.17. The van der Waals surface area contributed by atoms with Gasteiger partial charge in [0.1, 0.15) is 0 Å². The number of nitrogens with zero attached hydrogens (tertiary/aromatic N) is 2. The van der Waals surface area contributed by atoms with Crippen LogP contribution in [-0.2, 0) is 21.2 Å². The topological polar surface area (TPSA) is 131 Å². The van der Waals surface area contributed by atoms with Crippen LogP contribution in [0, 0.1) is 6.92 Å². The van der Waals surface area contributed by atoms with Crippen LogP contribution in [0.2, 0.25) is 0 Å². The van der Waals surface area contributed by atoms with Gasteiger partial charge in [0.2, 0.25) is 21.1 Å². The normalized spacial score (nSPS) is 11.4. The van der Waals surface area contributed by atoms with E-state index in [2.05, 4.69) is 27.4 Å². The molecule has 0 saturated heterocycles.